The number of carbonyl (C=O) groups is 1. The van der Waals surface area contributed by atoms with Gasteiger partial charge in [0.15, 0.2) is 0 Å². The number of hydrazine groups is 1. The molecule has 0 radical (unpaired) electrons. The lowest BCUT2D eigenvalue weighted by atomic mass is 10.1. The predicted octanol–water partition coefficient (Wildman–Crippen LogP) is 0.159. The fourth-order valence-corrected chi connectivity index (χ4v) is 1.63. The number of primary amides is 1. The van der Waals surface area contributed by atoms with Gasteiger partial charge in [-0.2, -0.15) is 0 Å². The average molecular weight is 219 g/mol. The summed E-state index contributed by atoms with van der Waals surface area (Å²) in [6.45, 7) is 0. The first kappa shape index (κ1) is 10.3. The molecule has 0 spiro atoms. The monoisotopic (exact) mass is 219 g/mol. The molecule has 6 heteroatoms. The van der Waals surface area contributed by atoms with Crippen LogP contribution in [0.25, 0.3) is 10.9 Å². The second-order valence-electron chi connectivity index (χ2n) is 3.62. The van der Waals surface area contributed by atoms with Crippen LogP contribution in [0.5, 0.6) is 0 Å². The van der Waals surface area contributed by atoms with E-state index in [1.54, 1.807) is 25.2 Å². The smallest absolute Gasteiger partial charge is 0.248 e. The van der Waals surface area contributed by atoms with Crippen molar-refractivity contribution in [3.63, 3.8) is 0 Å². The van der Waals surface area contributed by atoms with Crippen LogP contribution < -0.4 is 22.3 Å². The first-order valence-corrected chi connectivity index (χ1v) is 4.70. The highest BCUT2D eigenvalue weighted by atomic mass is 16.1. The van der Waals surface area contributed by atoms with Gasteiger partial charge in [-0.1, -0.05) is 0 Å². The fraction of sp³-hybridized carbons (Fsp3) is 0.100. The molecule has 1 amide bonds. The molecule has 6 nitrogen and oxygen atoms in total. The van der Waals surface area contributed by atoms with E-state index in [4.69, 9.17) is 17.3 Å². The van der Waals surface area contributed by atoms with Crippen molar-refractivity contribution < 1.29 is 4.79 Å². The molecule has 7 N–H and O–H groups in total. The largest absolute Gasteiger partial charge is 0.395 e. The van der Waals surface area contributed by atoms with Crippen molar-refractivity contribution in [3.05, 3.63) is 23.8 Å². The van der Waals surface area contributed by atoms with Crippen molar-refractivity contribution in [2.75, 3.05) is 17.8 Å². The molecule has 1 aromatic carbocycles. The van der Waals surface area contributed by atoms with E-state index >= 15 is 0 Å². The van der Waals surface area contributed by atoms with Crippen LogP contribution in [-0.2, 0) is 0 Å². The molecule has 16 heavy (non-hydrogen) atoms. The second-order valence-corrected chi connectivity index (χ2v) is 3.62. The Morgan fingerprint density at radius 2 is 2.12 bits per heavy atom. The molecular formula is C10H13N5O. The van der Waals surface area contributed by atoms with Gasteiger partial charge in [-0.05, 0) is 18.2 Å². The van der Waals surface area contributed by atoms with Crippen LogP contribution in [0.4, 0.5) is 11.5 Å². The molecule has 1 aromatic heterocycles. The summed E-state index contributed by atoms with van der Waals surface area (Å²) in [6, 6.07) is 5.04. The molecule has 2 aromatic rings. The molecule has 0 aliphatic carbocycles. The minimum atomic E-state index is -0.481. The summed E-state index contributed by atoms with van der Waals surface area (Å²) < 4.78 is 0. The van der Waals surface area contributed by atoms with Gasteiger partial charge in [-0.15, -0.1) is 0 Å². The van der Waals surface area contributed by atoms with Crippen LogP contribution >= 0.6 is 0 Å². The zero-order valence-electron chi connectivity index (χ0n) is 8.82. The van der Waals surface area contributed by atoms with E-state index in [1.165, 1.54) is 5.01 Å². The van der Waals surface area contributed by atoms with E-state index in [-0.39, 0.29) is 0 Å². The third-order valence-electron chi connectivity index (χ3n) is 2.46. The highest BCUT2D eigenvalue weighted by Gasteiger charge is 2.11. The van der Waals surface area contributed by atoms with Gasteiger partial charge in [-0.25, -0.2) is 5.84 Å². The van der Waals surface area contributed by atoms with Crippen LogP contribution in [0, 0.1) is 0 Å². The number of anilines is 2. The average Bonchev–Trinajstić information content (AvgIpc) is 2.56. The Balaban J connectivity index is 2.69. The quantitative estimate of drug-likeness (QED) is 0.425. The van der Waals surface area contributed by atoms with Crippen molar-refractivity contribution >= 4 is 28.3 Å². The molecular weight excluding hydrogens is 206 g/mol. The van der Waals surface area contributed by atoms with E-state index in [1.807, 2.05) is 0 Å². The highest BCUT2D eigenvalue weighted by Crippen LogP contribution is 2.30. The van der Waals surface area contributed by atoms with Crippen LogP contribution in [0.2, 0.25) is 0 Å². The van der Waals surface area contributed by atoms with Gasteiger partial charge in [-0.3, -0.25) is 9.80 Å². The summed E-state index contributed by atoms with van der Waals surface area (Å²) >= 11 is 0. The lowest BCUT2D eigenvalue weighted by Crippen LogP contribution is -2.26. The topological polar surface area (TPSA) is 114 Å². The Morgan fingerprint density at radius 3 is 2.69 bits per heavy atom. The van der Waals surface area contributed by atoms with Crippen molar-refractivity contribution in [1.82, 2.24) is 4.98 Å². The SMILES string of the molecule is CN(N)c1[nH]c2ccc(C(N)=O)cc2c1N. The number of H-pyrrole nitrogens is 1. The number of benzene rings is 1. The van der Waals surface area contributed by atoms with Crippen LogP contribution in [0.1, 0.15) is 10.4 Å². The van der Waals surface area contributed by atoms with Crippen molar-refractivity contribution in [2.45, 2.75) is 0 Å². The van der Waals surface area contributed by atoms with E-state index in [0.717, 1.165) is 10.9 Å². The number of nitrogens with one attached hydrogen (secondary N) is 1. The minimum Gasteiger partial charge on any atom is -0.395 e. The number of amides is 1. The maximum Gasteiger partial charge on any atom is 0.248 e. The molecule has 2 rings (SSSR count). The van der Waals surface area contributed by atoms with Gasteiger partial charge in [0.1, 0.15) is 5.82 Å². The maximum absolute atomic E-state index is 11.0. The van der Waals surface area contributed by atoms with Gasteiger partial charge in [0.2, 0.25) is 5.91 Å². The third-order valence-corrected chi connectivity index (χ3v) is 2.46. The second kappa shape index (κ2) is 3.42. The molecule has 0 atom stereocenters. The zero-order valence-corrected chi connectivity index (χ0v) is 8.82. The number of nitrogen functional groups attached to an aromatic ring is 1. The van der Waals surface area contributed by atoms with E-state index < -0.39 is 5.91 Å². The summed E-state index contributed by atoms with van der Waals surface area (Å²) in [7, 11) is 1.68. The molecule has 0 fully saturated rings. The number of aromatic nitrogens is 1. The van der Waals surface area contributed by atoms with Gasteiger partial charge in [0.25, 0.3) is 0 Å². The van der Waals surface area contributed by atoms with Gasteiger partial charge in [0, 0.05) is 23.5 Å². The summed E-state index contributed by atoms with van der Waals surface area (Å²) in [4.78, 5) is 14.1. The van der Waals surface area contributed by atoms with E-state index in [2.05, 4.69) is 4.98 Å². The first-order valence-electron chi connectivity index (χ1n) is 4.70. The highest BCUT2D eigenvalue weighted by molar-refractivity contribution is 6.03. The van der Waals surface area contributed by atoms with Crippen molar-refractivity contribution in [3.8, 4) is 0 Å². The van der Waals surface area contributed by atoms with Gasteiger partial charge in [0.05, 0.1) is 5.69 Å². The Kier molecular flexibility index (Phi) is 2.21. The number of hydrogen-bond donors (Lipinski definition) is 4. The molecule has 0 unspecified atom stereocenters. The Labute approximate surface area is 92.0 Å². The molecule has 0 aliphatic heterocycles. The van der Waals surface area contributed by atoms with Crippen molar-refractivity contribution in [1.29, 1.82) is 0 Å². The summed E-state index contributed by atoms with van der Waals surface area (Å²) in [6.07, 6.45) is 0. The lowest BCUT2D eigenvalue weighted by molar-refractivity contribution is 0.100. The van der Waals surface area contributed by atoms with Crippen LogP contribution in [-0.4, -0.2) is 17.9 Å². The summed E-state index contributed by atoms with van der Waals surface area (Å²) in [5.41, 5.74) is 12.8. The number of nitrogens with zero attached hydrogens (tertiary/aromatic N) is 1. The standard InChI is InChI=1S/C10H13N5O/c1-15(13)10-8(11)6-4-5(9(12)16)2-3-7(6)14-10/h2-4,14H,11,13H2,1H3,(H2,12,16). The Bertz CT molecular complexity index is 558. The molecule has 1 heterocycles. The summed E-state index contributed by atoms with van der Waals surface area (Å²) in [5, 5.41) is 2.13. The number of aromatic amines is 1. The number of fused-ring (bicyclic) bond motifs is 1. The lowest BCUT2D eigenvalue weighted by Gasteiger charge is -2.09. The minimum absolute atomic E-state index is 0.421. The fourth-order valence-electron chi connectivity index (χ4n) is 1.63. The van der Waals surface area contributed by atoms with Crippen LogP contribution in [0.15, 0.2) is 18.2 Å². The molecule has 0 aliphatic rings. The number of rotatable bonds is 2. The number of carbonyl (C=O) groups excluding carboxylic acids is 1. The first-order chi connectivity index (χ1) is 7.50. The Hall–Kier alpha value is -2.21. The van der Waals surface area contributed by atoms with Gasteiger partial charge < -0.3 is 16.5 Å². The maximum atomic E-state index is 11.0. The molecule has 0 saturated carbocycles. The van der Waals surface area contributed by atoms with Crippen molar-refractivity contribution in [2.24, 2.45) is 11.6 Å². The van der Waals surface area contributed by atoms with Gasteiger partial charge >= 0.3 is 0 Å². The Morgan fingerprint density at radius 1 is 1.44 bits per heavy atom. The third kappa shape index (κ3) is 1.45. The molecule has 0 saturated heterocycles. The molecule has 0 bridgehead atoms. The normalized spacial score (nSPS) is 10.6. The zero-order chi connectivity index (χ0) is 11.9. The number of hydrogen-bond acceptors (Lipinski definition) is 4. The number of nitrogens with two attached hydrogens (primary N) is 3. The predicted molar refractivity (Wildman–Crippen MR) is 63.8 cm³/mol. The van der Waals surface area contributed by atoms with E-state index in [0.29, 0.717) is 17.1 Å². The summed E-state index contributed by atoms with van der Waals surface area (Å²) in [5.74, 6) is 5.73. The van der Waals surface area contributed by atoms with Crippen LogP contribution in [0.3, 0.4) is 0 Å². The molecule has 84 valence electrons. The van der Waals surface area contributed by atoms with E-state index in [9.17, 15) is 4.79 Å².